The van der Waals surface area contributed by atoms with Gasteiger partial charge in [-0.05, 0) is 19.9 Å². The number of hydrogen-bond acceptors (Lipinski definition) is 2. The Kier molecular flexibility index (Phi) is 4.17. The first-order valence-electron chi connectivity index (χ1n) is 2.65. The number of rotatable bonds is 2. The molecule has 8 heavy (non-hydrogen) atoms. The highest BCUT2D eigenvalue weighted by Crippen LogP contribution is 1.77. The van der Waals surface area contributed by atoms with Crippen molar-refractivity contribution in [2.24, 2.45) is 10.7 Å². The highest BCUT2D eigenvalue weighted by molar-refractivity contribution is 5.92. The second-order valence-electron chi connectivity index (χ2n) is 1.48. The summed E-state index contributed by atoms with van der Waals surface area (Å²) in [5, 5.41) is 0. The summed E-state index contributed by atoms with van der Waals surface area (Å²) in [7, 11) is 0. The Labute approximate surface area is 50.1 Å². The Morgan fingerprint density at radius 3 is 2.75 bits per heavy atom. The van der Waals surface area contributed by atoms with Gasteiger partial charge in [-0.25, -0.2) is 0 Å². The van der Waals surface area contributed by atoms with Gasteiger partial charge in [0.25, 0.3) is 0 Å². The molecule has 0 aliphatic rings. The molecule has 0 heterocycles. The lowest BCUT2D eigenvalue weighted by molar-refractivity contribution is 1.07. The molecular weight excluding hydrogens is 100 g/mol. The zero-order valence-electron chi connectivity index (χ0n) is 5.39. The molecule has 0 saturated carbocycles. The molecule has 0 unspecified atom stereocenters. The average molecular weight is 112 g/mol. The van der Waals surface area contributed by atoms with Gasteiger partial charge in [-0.1, -0.05) is 6.08 Å². The average Bonchev–Trinajstić information content (AvgIpc) is 1.68. The van der Waals surface area contributed by atoms with Crippen molar-refractivity contribution in [3.63, 3.8) is 0 Å². The number of nitrogens with two attached hydrogens (primary N) is 1. The Bertz CT molecular complexity index is 103. The number of allylic oxidation sites excluding steroid dienone is 2. The van der Waals surface area contributed by atoms with Crippen molar-refractivity contribution in [2.75, 3.05) is 6.67 Å². The monoisotopic (exact) mass is 112 g/mol. The lowest BCUT2D eigenvalue weighted by atomic mass is 10.4. The third-order valence-corrected chi connectivity index (χ3v) is 0.749. The van der Waals surface area contributed by atoms with E-state index in [9.17, 15) is 0 Å². The molecule has 0 aromatic heterocycles. The molecule has 0 fully saturated rings. The fourth-order valence-electron chi connectivity index (χ4n) is 0.438. The van der Waals surface area contributed by atoms with Crippen molar-refractivity contribution < 1.29 is 0 Å². The molecular formula is C6H12N2. The SMILES string of the molecule is C/C=C\C(C)=NCN. The van der Waals surface area contributed by atoms with E-state index in [-0.39, 0.29) is 0 Å². The van der Waals surface area contributed by atoms with Crippen LogP contribution in [-0.4, -0.2) is 12.4 Å². The largest absolute Gasteiger partial charge is 0.312 e. The van der Waals surface area contributed by atoms with E-state index in [4.69, 9.17) is 5.73 Å². The van der Waals surface area contributed by atoms with Crippen LogP contribution in [0.1, 0.15) is 13.8 Å². The maximum atomic E-state index is 5.14. The molecule has 0 saturated heterocycles. The first-order valence-corrected chi connectivity index (χ1v) is 2.65. The highest BCUT2D eigenvalue weighted by Gasteiger charge is 1.75. The van der Waals surface area contributed by atoms with Crippen molar-refractivity contribution in [2.45, 2.75) is 13.8 Å². The third-order valence-electron chi connectivity index (χ3n) is 0.749. The van der Waals surface area contributed by atoms with Gasteiger partial charge in [0, 0.05) is 5.71 Å². The Morgan fingerprint density at radius 1 is 1.75 bits per heavy atom. The first-order chi connectivity index (χ1) is 3.81. The van der Waals surface area contributed by atoms with Crippen molar-refractivity contribution in [1.29, 1.82) is 0 Å². The van der Waals surface area contributed by atoms with Gasteiger partial charge in [-0.3, -0.25) is 4.99 Å². The summed E-state index contributed by atoms with van der Waals surface area (Å²) >= 11 is 0. The second-order valence-corrected chi connectivity index (χ2v) is 1.48. The Hall–Kier alpha value is -0.630. The first kappa shape index (κ1) is 7.37. The molecule has 2 nitrogen and oxygen atoms in total. The van der Waals surface area contributed by atoms with E-state index in [1.807, 2.05) is 26.0 Å². The van der Waals surface area contributed by atoms with Crippen molar-refractivity contribution in [3.05, 3.63) is 12.2 Å². The van der Waals surface area contributed by atoms with E-state index in [1.165, 1.54) is 0 Å². The molecule has 46 valence electrons. The maximum absolute atomic E-state index is 5.14. The molecule has 0 radical (unpaired) electrons. The second kappa shape index (κ2) is 4.53. The van der Waals surface area contributed by atoms with E-state index in [2.05, 4.69) is 4.99 Å². The predicted octanol–water partition coefficient (Wildman–Crippen LogP) is 0.940. The minimum absolute atomic E-state index is 0.385. The van der Waals surface area contributed by atoms with E-state index in [1.54, 1.807) is 0 Å². The summed E-state index contributed by atoms with van der Waals surface area (Å²) in [5.41, 5.74) is 6.12. The van der Waals surface area contributed by atoms with E-state index in [0.717, 1.165) is 5.71 Å². The highest BCUT2D eigenvalue weighted by atomic mass is 14.9. The maximum Gasteiger partial charge on any atom is 0.0862 e. The molecule has 2 heteroatoms. The van der Waals surface area contributed by atoms with Crippen LogP contribution in [-0.2, 0) is 0 Å². The van der Waals surface area contributed by atoms with Crippen LogP contribution in [0.15, 0.2) is 17.1 Å². The summed E-state index contributed by atoms with van der Waals surface area (Å²) in [6.07, 6.45) is 3.86. The minimum Gasteiger partial charge on any atom is -0.312 e. The van der Waals surface area contributed by atoms with Crippen LogP contribution in [0, 0.1) is 0 Å². The summed E-state index contributed by atoms with van der Waals surface area (Å²) in [6, 6.07) is 0. The third kappa shape index (κ3) is 3.56. The molecule has 0 aromatic rings. The van der Waals surface area contributed by atoms with Crippen LogP contribution in [0.25, 0.3) is 0 Å². The quantitative estimate of drug-likeness (QED) is 0.530. The van der Waals surface area contributed by atoms with Crippen molar-refractivity contribution in [1.82, 2.24) is 0 Å². The minimum atomic E-state index is 0.385. The zero-order chi connectivity index (χ0) is 6.41. The van der Waals surface area contributed by atoms with E-state index < -0.39 is 0 Å². The van der Waals surface area contributed by atoms with Crippen LogP contribution >= 0.6 is 0 Å². The van der Waals surface area contributed by atoms with Crippen LogP contribution < -0.4 is 5.73 Å². The summed E-state index contributed by atoms with van der Waals surface area (Å²) < 4.78 is 0. The van der Waals surface area contributed by atoms with Crippen molar-refractivity contribution >= 4 is 5.71 Å². The van der Waals surface area contributed by atoms with Gasteiger partial charge in [0.15, 0.2) is 0 Å². The standard InChI is InChI=1S/C6H12N2/c1-3-4-6(2)8-5-7/h3-4H,5,7H2,1-2H3/b4-3-,8-6?. The van der Waals surface area contributed by atoms with Crippen LogP contribution in [0.5, 0.6) is 0 Å². The van der Waals surface area contributed by atoms with Gasteiger partial charge in [0.05, 0.1) is 6.67 Å². The van der Waals surface area contributed by atoms with Gasteiger partial charge >= 0.3 is 0 Å². The normalized spacial score (nSPS) is 13.1. The van der Waals surface area contributed by atoms with Gasteiger partial charge in [0.1, 0.15) is 0 Å². The smallest absolute Gasteiger partial charge is 0.0862 e. The molecule has 0 aliphatic carbocycles. The molecule has 0 atom stereocenters. The molecule has 0 spiro atoms. The topological polar surface area (TPSA) is 38.4 Å². The van der Waals surface area contributed by atoms with E-state index >= 15 is 0 Å². The summed E-state index contributed by atoms with van der Waals surface area (Å²) in [6.45, 7) is 4.26. The summed E-state index contributed by atoms with van der Waals surface area (Å²) in [4.78, 5) is 3.92. The fraction of sp³-hybridized carbons (Fsp3) is 0.500. The Morgan fingerprint density at radius 2 is 2.38 bits per heavy atom. The Balaban J connectivity index is 3.61. The van der Waals surface area contributed by atoms with Gasteiger partial charge in [-0.15, -0.1) is 0 Å². The number of aliphatic imine (C=N–C) groups is 1. The van der Waals surface area contributed by atoms with Crippen molar-refractivity contribution in [3.8, 4) is 0 Å². The van der Waals surface area contributed by atoms with Crippen LogP contribution in [0.3, 0.4) is 0 Å². The zero-order valence-corrected chi connectivity index (χ0v) is 5.39. The number of hydrogen-bond donors (Lipinski definition) is 1. The van der Waals surface area contributed by atoms with Gasteiger partial charge in [0.2, 0.25) is 0 Å². The molecule has 0 bridgehead atoms. The molecule has 0 rings (SSSR count). The number of nitrogens with zero attached hydrogens (tertiary/aromatic N) is 1. The molecule has 2 N–H and O–H groups in total. The summed E-state index contributed by atoms with van der Waals surface area (Å²) in [5.74, 6) is 0. The van der Waals surface area contributed by atoms with Crippen LogP contribution in [0.2, 0.25) is 0 Å². The van der Waals surface area contributed by atoms with E-state index in [0.29, 0.717) is 6.67 Å². The van der Waals surface area contributed by atoms with Gasteiger partial charge < -0.3 is 5.73 Å². The lowest BCUT2D eigenvalue weighted by Crippen LogP contribution is -1.97. The molecule has 0 aromatic carbocycles. The van der Waals surface area contributed by atoms with Gasteiger partial charge in [-0.2, -0.15) is 0 Å². The van der Waals surface area contributed by atoms with Crippen LogP contribution in [0.4, 0.5) is 0 Å². The molecule has 0 amide bonds. The fourth-order valence-corrected chi connectivity index (χ4v) is 0.438. The predicted molar refractivity (Wildman–Crippen MR) is 37.0 cm³/mol. The lowest BCUT2D eigenvalue weighted by Gasteiger charge is -1.85. The molecule has 0 aliphatic heterocycles.